The first-order valence-corrected chi connectivity index (χ1v) is 7.31. The summed E-state index contributed by atoms with van der Waals surface area (Å²) >= 11 is 7.63. The molecule has 0 unspecified atom stereocenters. The van der Waals surface area contributed by atoms with Crippen molar-refractivity contribution in [1.29, 1.82) is 0 Å². The van der Waals surface area contributed by atoms with Crippen molar-refractivity contribution >= 4 is 35.0 Å². The number of carbonyl (C=O) groups is 1. The molecule has 1 N–H and O–H groups in total. The van der Waals surface area contributed by atoms with E-state index >= 15 is 0 Å². The Morgan fingerprint density at radius 3 is 2.83 bits per heavy atom. The molecular weight excluding hydrogens is 268 g/mol. The van der Waals surface area contributed by atoms with Gasteiger partial charge in [0, 0.05) is 23.0 Å². The molecule has 0 saturated carbocycles. The molecule has 0 bridgehead atoms. The van der Waals surface area contributed by atoms with Gasteiger partial charge in [-0.25, -0.2) is 0 Å². The lowest BCUT2D eigenvalue weighted by Crippen LogP contribution is -2.18. The third-order valence-corrected chi connectivity index (χ3v) is 3.80. The van der Waals surface area contributed by atoms with Crippen LogP contribution in [0.4, 0.5) is 5.69 Å². The summed E-state index contributed by atoms with van der Waals surface area (Å²) in [7, 11) is 4.05. The van der Waals surface area contributed by atoms with Crippen molar-refractivity contribution < 1.29 is 4.79 Å². The minimum atomic E-state index is 0.0177. The number of benzene rings is 1. The van der Waals surface area contributed by atoms with Crippen molar-refractivity contribution in [2.24, 2.45) is 0 Å². The number of thioether (sulfide) groups is 1. The summed E-state index contributed by atoms with van der Waals surface area (Å²) in [5.41, 5.74) is 1.70. The van der Waals surface area contributed by atoms with Gasteiger partial charge in [-0.15, -0.1) is 0 Å². The largest absolute Gasteiger partial charge is 0.325 e. The van der Waals surface area contributed by atoms with Crippen LogP contribution in [0.3, 0.4) is 0 Å². The first kappa shape index (κ1) is 15.3. The van der Waals surface area contributed by atoms with Crippen molar-refractivity contribution in [1.82, 2.24) is 4.90 Å². The standard InChI is InChI=1S/C13H19ClN2OS/c1-10-11(14)5-4-6-12(10)15-13(17)9-18-8-7-16(2)3/h4-6H,7-9H2,1-3H3,(H,15,17). The molecule has 100 valence electrons. The third-order valence-electron chi connectivity index (χ3n) is 2.46. The number of amides is 1. The van der Waals surface area contributed by atoms with Gasteiger partial charge >= 0.3 is 0 Å². The van der Waals surface area contributed by atoms with Crippen LogP contribution in [0.25, 0.3) is 0 Å². The van der Waals surface area contributed by atoms with Crippen LogP contribution in [0.15, 0.2) is 18.2 Å². The zero-order valence-electron chi connectivity index (χ0n) is 11.0. The molecule has 1 aromatic carbocycles. The lowest BCUT2D eigenvalue weighted by Gasteiger charge is -2.10. The predicted octanol–water partition coefficient (Wildman–Crippen LogP) is 2.88. The zero-order chi connectivity index (χ0) is 13.5. The second-order valence-electron chi connectivity index (χ2n) is 4.32. The maximum atomic E-state index is 11.7. The van der Waals surface area contributed by atoms with Gasteiger partial charge in [0.15, 0.2) is 0 Å². The smallest absolute Gasteiger partial charge is 0.234 e. The molecule has 3 nitrogen and oxygen atoms in total. The van der Waals surface area contributed by atoms with Gasteiger partial charge in [-0.2, -0.15) is 11.8 Å². The van der Waals surface area contributed by atoms with E-state index in [9.17, 15) is 4.79 Å². The Kier molecular flexibility index (Phi) is 6.54. The van der Waals surface area contributed by atoms with Gasteiger partial charge in [-0.05, 0) is 38.7 Å². The number of nitrogens with zero attached hydrogens (tertiary/aromatic N) is 1. The Hall–Kier alpha value is -0.710. The van der Waals surface area contributed by atoms with Gasteiger partial charge in [0.1, 0.15) is 0 Å². The summed E-state index contributed by atoms with van der Waals surface area (Å²) in [6, 6.07) is 5.52. The van der Waals surface area contributed by atoms with Crippen LogP contribution >= 0.6 is 23.4 Å². The molecule has 0 heterocycles. The van der Waals surface area contributed by atoms with Gasteiger partial charge < -0.3 is 10.2 Å². The van der Waals surface area contributed by atoms with E-state index in [0.717, 1.165) is 23.5 Å². The SMILES string of the molecule is Cc1c(Cl)cccc1NC(=O)CSCCN(C)C. The highest BCUT2D eigenvalue weighted by Crippen LogP contribution is 2.22. The van der Waals surface area contributed by atoms with Crippen molar-refractivity contribution in [3.8, 4) is 0 Å². The average Bonchev–Trinajstić information content (AvgIpc) is 2.30. The minimum absolute atomic E-state index is 0.0177. The van der Waals surface area contributed by atoms with E-state index in [4.69, 9.17) is 11.6 Å². The highest BCUT2D eigenvalue weighted by molar-refractivity contribution is 7.99. The van der Waals surface area contributed by atoms with Crippen molar-refractivity contribution in [2.75, 3.05) is 37.5 Å². The molecule has 1 rings (SSSR count). The normalized spacial score (nSPS) is 10.7. The molecular formula is C13H19ClN2OS. The Morgan fingerprint density at radius 1 is 1.44 bits per heavy atom. The fourth-order valence-corrected chi connectivity index (χ4v) is 2.41. The number of rotatable bonds is 6. The highest BCUT2D eigenvalue weighted by atomic mass is 35.5. The van der Waals surface area contributed by atoms with Crippen LogP contribution < -0.4 is 5.32 Å². The van der Waals surface area contributed by atoms with Crippen LogP contribution in [0.5, 0.6) is 0 Å². The maximum Gasteiger partial charge on any atom is 0.234 e. The molecule has 1 amide bonds. The minimum Gasteiger partial charge on any atom is -0.325 e. The molecule has 0 aliphatic carbocycles. The van der Waals surface area contributed by atoms with Crippen molar-refractivity contribution in [3.63, 3.8) is 0 Å². The van der Waals surface area contributed by atoms with Crippen LogP contribution in [0.1, 0.15) is 5.56 Å². The topological polar surface area (TPSA) is 32.3 Å². The van der Waals surface area contributed by atoms with Gasteiger partial charge in [0.05, 0.1) is 5.75 Å². The first-order chi connectivity index (χ1) is 8.50. The number of hydrogen-bond donors (Lipinski definition) is 1. The lowest BCUT2D eigenvalue weighted by molar-refractivity contribution is -0.113. The second kappa shape index (κ2) is 7.67. The Balaban J connectivity index is 2.38. The van der Waals surface area contributed by atoms with E-state index < -0.39 is 0 Å². The highest BCUT2D eigenvalue weighted by Gasteiger charge is 2.06. The van der Waals surface area contributed by atoms with Crippen LogP contribution in [0.2, 0.25) is 5.02 Å². The molecule has 1 aromatic rings. The lowest BCUT2D eigenvalue weighted by atomic mass is 10.2. The number of halogens is 1. The number of carbonyl (C=O) groups excluding carboxylic acids is 1. The number of hydrogen-bond acceptors (Lipinski definition) is 3. The van der Waals surface area contributed by atoms with Gasteiger partial charge in [0.25, 0.3) is 0 Å². The second-order valence-corrected chi connectivity index (χ2v) is 5.83. The summed E-state index contributed by atoms with van der Waals surface area (Å²) in [5.74, 6) is 1.44. The predicted molar refractivity (Wildman–Crippen MR) is 80.7 cm³/mol. The number of nitrogens with one attached hydrogen (secondary N) is 1. The maximum absolute atomic E-state index is 11.7. The van der Waals surface area contributed by atoms with E-state index in [1.165, 1.54) is 0 Å². The molecule has 0 fully saturated rings. The molecule has 0 atom stereocenters. The van der Waals surface area contributed by atoms with Gasteiger partial charge in [-0.1, -0.05) is 17.7 Å². The van der Waals surface area contributed by atoms with E-state index in [1.807, 2.05) is 39.2 Å². The first-order valence-electron chi connectivity index (χ1n) is 5.78. The van der Waals surface area contributed by atoms with E-state index in [-0.39, 0.29) is 5.91 Å². The molecule has 0 aliphatic heterocycles. The Bertz CT molecular complexity index is 410. The molecule has 18 heavy (non-hydrogen) atoms. The molecule has 0 spiro atoms. The van der Waals surface area contributed by atoms with Crippen LogP contribution in [0, 0.1) is 6.92 Å². The number of anilines is 1. The van der Waals surface area contributed by atoms with Crippen LogP contribution in [-0.4, -0.2) is 43.0 Å². The summed E-state index contributed by atoms with van der Waals surface area (Å²) < 4.78 is 0. The quantitative estimate of drug-likeness (QED) is 0.816. The summed E-state index contributed by atoms with van der Waals surface area (Å²) in [5, 5.41) is 3.56. The fourth-order valence-electron chi connectivity index (χ4n) is 1.34. The zero-order valence-corrected chi connectivity index (χ0v) is 12.6. The summed E-state index contributed by atoms with van der Waals surface area (Å²) in [4.78, 5) is 13.8. The third kappa shape index (κ3) is 5.29. The molecule has 0 saturated heterocycles. The summed E-state index contributed by atoms with van der Waals surface area (Å²) in [6.45, 7) is 2.88. The van der Waals surface area contributed by atoms with Crippen molar-refractivity contribution in [2.45, 2.75) is 6.92 Å². The van der Waals surface area contributed by atoms with Gasteiger partial charge in [0.2, 0.25) is 5.91 Å². The van der Waals surface area contributed by atoms with Crippen molar-refractivity contribution in [3.05, 3.63) is 28.8 Å². The molecule has 0 aromatic heterocycles. The van der Waals surface area contributed by atoms with Crippen LogP contribution in [-0.2, 0) is 4.79 Å². The van der Waals surface area contributed by atoms with Gasteiger partial charge in [-0.3, -0.25) is 4.79 Å². The summed E-state index contributed by atoms with van der Waals surface area (Å²) in [6.07, 6.45) is 0. The fraction of sp³-hybridized carbons (Fsp3) is 0.462. The van der Waals surface area contributed by atoms with E-state index in [2.05, 4.69) is 10.2 Å². The van der Waals surface area contributed by atoms with E-state index in [1.54, 1.807) is 11.8 Å². The molecule has 0 radical (unpaired) electrons. The van der Waals surface area contributed by atoms with E-state index in [0.29, 0.717) is 10.8 Å². The Labute approximate surface area is 118 Å². The Morgan fingerprint density at radius 2 is 2.17 bits per heavy atom. The average molecular weight is 287 g/mol. The molecule has 5 heteroatoms. The molecule has 0 aliphatic rings. The monoisotopic (exact) mass is 286 g/mol.